The standard InChI is InChI=1S/C11H17N3S/c12-10(7-3-1-2-4-7)9-5-8(6-15-9)11(13)14/h5-7,10H,1-4,12H2,(H3,13,14)/t10-/m0/s1. The third-order valence-electron chi connectivity index (χ3n) is 3.17. The van der Waals surface area contributed by atoms with E-state index in [1.54, 1.807) is 11.3 Å². The molecule has 5 N–H and O–H groups in total. The summed E-state index contributed by atoms with van der Waals surface area (Å²) in [6.45, 7) is 0. The molecule has 1 aliphatic carbocycles. The van der Waals surface area contributed by atoms with Crippen molar-refractivity contribution in [3.05, 3.63) is 21.9 Å². The summed E-state index contributed by atoms with van der Waals surface area (Å²) in [6, 6.07) is 2.11. The first-order valence-corrected chi connectivity index (χ1v) is 6.25. The van der Waals surface area contributed by atoms with Crippen molar-refractivity contribution < 1.29 is 0 Å². The first-order valence-electron chi connectivity index (χ1n) is 5.37. The molecule has 1 aromatic heterocycles. The van der Waals surface area contributed by atoms with Crippen molar-refractivity contribution in [2.45, 2.75) is 31.7 Å². The Hall–Kier alpha value is -0.870. The lowest BCUT2D eigenvalue weighted by Gasteiger charge is -2.16. The summed E-state index contributed by atoms with van der Waals surface area (Å²) in [5.41, 5.74) is 12.5. The molecule has 3 nitrogen and oxygen atoms in total. The van der Waals surface area contributed by atoms with Crippen LogP contribution in [0.5, 0.6) is 0 Å². The third kappa shape index (κ3) is 2.21. The first-order chi connectivity index (χ1) is 7.18. The zero-order valence-corrected chi connectivity index (χ0v) is 9.52. The van der Waals surface area contributed by atoms with Gasteiger partial charge >= 0.3 is 0 Å². The van der Waals surface area contributed by atoms with Gasteiger partial charge in [-0.3, -0.25) is 5.41 Å². The van der Waals surface area contributed by atoms with Crippen molar-refractivity contribution in [2.75, 3.05) is 0 Å². The maximum Gasteiger partial charge on any atom is 0.123 e. The molecule has 1 fully saturated rings. The molecule has 0 aromatic carbocycles. The van der Waals surface area contributed by atoms with Crippen LogP contribution in [-0.2, 0) is 0 Å². The molecule has 0 bridgehead atoms. The number of hydrogen-bond donors (Lipinski definition) is 3. The molecule has 0 saturated heterocycles. The van der Waals surface area contributed by atoms with E-state index in [1.807, 2.05) is 11.4 Å². The van der Waals surface area contributed by atoms with Crippen molar-refractivity contribution in [1.29, 1.82) is 5.41 Å². The lowest BCUT2D eigenvalue weighted by atomic mass is 9.97. The summed E-state index contributed by atoms with van der Waals surface area (Å²) in [6.07, 6.45) is 5.11. The number of nitrogens with two attached hydrogens (primary N) is 2. The van der Waals surface area contributed by atoms with Crippen LogP contribution in [0, 0.1) is 11.3 Å². The van der Waals surface area contributed by atoms with Crippen LogP contribution in [0.4, 0.5) is 0 Å². The van der Waals surface area contributed by atoms with Crippen molar-refractivity contribution in [1.82, 2.24) is 0 Å². The van der Waals surface area contributed by atoms with Crippen LogP contribution in [0.1, 0.15) is 42.2 Å². The van der Waals surface area contributed by atoms with Gasteiger partial charge in [-0.1, -0.05) is 12.8 Å². The Morgan fingerprint density at radius 2 is 2.13 bits per heavy atom. The molecule has 0 spiro atoms. The second-order valence-corrected chi connectivity index (χ2v) is 5.16. The minimum Gasteiger partial charge on any atom is -0.384 e. The lowest BCUT2D eigenvalue weighted by molar-refractivity contribution is 0.450. The average Bonchev–Trinajstić information content (AvgIpc) is 2.88. The quantitative estimate of drug-likeness (QED) is 0.543. The Labute approximate surface area is 94.0 Å². The summed E-state index contributed by atoms with van der Waals surface area (Å²) in [5.74, 6) is 0.764. The van der Waals surface area contributed by atoms with Gasteiger partial charge in [-0.2, -0.15) is 0 Å². The fraction of sp³-hybridized carbons (Fsp3) is 0.545. The van der Waals surface area contributed by atoms with Gasteiger partial charge in [0, 0.05) is 21.9 Å². The number of thiophene rings is 1. The highest BCUT2D eigenvalue weighted by Crippen LogP contribution is 2.36. The Morgan fingerprint density at radius 1 is 1.47 bits per heavy atom. The summed E-state index contributed by atoms with van der Waals surface area (Å²) in [4.78, 5) is 1.17. The largest absolute Gasteiger partial charge is 0.384 e. The van der Waals surface area contributed by atoms with E-state index < -0.39 is 0 Å². The highest BCUT2D eigenvalue weighted by molar-refractivity contribution is 7.10. The van der Waals surface area contributed by atoms with E-state index in [2.05, 4.69) is 0 Å². The van der Waals surface area contributed by atoms with Crippen molar-refractivity contribution in [3.8, 4) is 0 Å². The smallest absolute Gasteiger partial charge is 0.123 e. The second-order valence-electron chi connectivity index (χ2n) is 4.22. The highest BCUT2D eigenvalue weighted by atomic mass is 32.1. The molecule has 4 heteroatoms. The van der Waals surface area contributed by atoms with Gasteiger partial charge in [0.1, 0.15) is 5.84 Å². The minimum atomic E-state index is 0.135. The Balaban J connectivity index is 2.10. The van der Waals surface area contributed by atoms with E-state index >= 15 is 0 Å². The molecule has 1 aromatic rings. The fourth-order valence-electron chi connectivity index (χ4n) is 2.22. The molecule has 0 unspecified atom stereocenters. The predicted octanol–water partition coefficient (Wildman–Crippen LogP) is 2.22. The van der Waals surface area contributed by atoms with Crippen LogP contribution >= 0.6 is 11.3 Å². The number of hydrogen-bond acceptors (Lipinski definition) is 3. The van der Waals surface area contributed by atoms with Gasteiger partial charge in [0.25, 0.3) is 0 Å². The monoisotopic (exact) mass is 223 g/mol. The van der Waals surface area contributed by atoms with E-state index in [4.69, 9.17) is 16.9 Å². The maximum atomic E-state index is 7.34. The van der Waals surface area contributed by atoms with Gasteiger partial charge in [-0.25, -0.2) is 0 Å². The van der Waals surface area contributed by atoms with Crippen LogP contribution in [0.25, 0.3) is 0 Å². The van der Waals surface area contributed by atoms with Crippen LogP contribution in [0.2, 0.25) is 0 Å². The average molecular weight is 223 g/mol. The van der Waals surface area contributed by atoms with Gasteiger partial charge in [0.05, 0.1) is 0 Å². The Morgan fingerprint density at radius 3 is 2.67 bits per heavy atom. The van der Waals surface area contributed by atoms with Crippen LogP contribution in [0.3, 0.4) is 0 Å². The molecule has 1 aliphatic rings. The SMILES string of the molecule is N=C(N)c1csc([C@@H](N)C2CCCC2)c1. The molecule has 2 rings (SSSR count). The van der Waals surface area contributed by atoms with Crippen LogP contribution in [-0.4, -0.2) is 5.84 Å². The fourth-order valence-corrected chi connectivity index (χ4v) is 3.22. The van der Waals surface area contributed by atoms with E-state index in [0.29, 0.717) is 5.92 Å². The highest BCUT2D eigenvalue weighted by Gasteiger charge is 2.24. The summed E-state index contributed by atoms with van der Waals surface area (Å²) >= 11 is 1.63. The zero-order valence-electron chi connectivity index (χ0n) is 8.70. The number of nitrogen functional groups attached to an aromatic ring is 1. The molecule has 82 valence electrons. The molecule has 0 aliphatic heterocycles. The molecular formula is C11H17N3S. The molecule has 15 heavy (non-hydrogen) atoms. The van der Waals surface area contributed by atoms with Crippen molar-refractivity contribution in [2.24, 2.45) is 17.4 Å². The van der Waals surface area contributed by atoms with Gasteiger partial charge in [0.2, 0.25) is 0 Å². The lowest BCUT2D eigenvalue weighted by Crippen LogP contribution is -2.18. The number of nitrogens with one attached hydrogen (secondary N) is 1. The Bertz CT molecular complexity index is 352. The van der Waals surface area contributed by atoms with E-state index in [-0.39, 0.29) is 11.9 Å². The van der Waals surface area contributed by atoms with Gasteiger partial charge in [-0.15, -0.1) is 11.3 Å². The molecular weight excluding hydrogens is 206 g/mol. The molecule has 1 saturated carbocycles. The third-order valence-corrected chi connectivity index (χ3v) is 4.20. The van der Waals surface area contributed by atoms with Crippen molar-refractivity contribution >= 4 is 17.2 Å². The minimum absolute atomic E-state index is 0.135. The topological polar surface area (TPSA) is 75.9 Å². The summed E-state index contributed by atoms with van der Waals surface area (Å²) in [5, 5.41) is 9.27. The molecule has 0 amide bonds. The maximum absolute atomic E-state index is 7.34. The Kier molecular flexibility index (Phi) is 3.07. The second kappa shape index (κ2) is 4.33. The van der Waals surface area contributed by atoms with E-state index in [0.717, 1.165) is 5.56 Å². The zero-order chi connectivity index (χ0) is 10.8. The van der Waals surface area contributed by atoms with E-state index in [9.17, 15) is 0 Å². The van der Waals surface area contributed by atoms with E-state index in [1.165, 1.54) is 30.6 Å². The predicted molar refractivity (Wildman–Crippen MR) is 64.2 cm³/mol. The molecule has 1 atom stereocenters. The van der Waals surface area contributed by atoms with Gasteiger partial charge in [0.15, 0.2) is 0 Å². The number of rotatable bonds is 3. The van der Waals surface area contributed by atoms with Crippen LogP contribution in [0.15, 0.2) is 11.4 Å². The summed E-state index contributed by atoms with van der Waals surface area (Å²) in [7, 11) is 0. The summed E-state index contributed by atoms with van der Waals surface area (Å²) < 4.78 is 0. The number of amidine groups is 1. The normalized spacial score (nSPS) is 19.3. The van der Waals surface area contributed by atoms with Crippen LogP contribution < -0.4 is 11.5 Å². The van der Waals surface area contributed by atoms with Gasteiger partial charge < -0.3 is 11.5 Å². The van der Waals surface area contributed by atoms with Crippen molar-refractivity contribution in [3.63, 3.8) is 0 Å². The van der Waals surface area contributed by atoms with Gasteiger partial charge in [-0.05, 0) is 24.8 Å². The molecule has 1 heterocycles. The first kappa shape index (κ1) is 10.6. The molecule has 0 radical (unpaired) electrons.